The van der Waals surface area contributed by atoms with E-state index in [-0.39, 0.29) is 36.1 Å². The molecule has 0 radical (unpaired) electrons. The van der Waals surface area contributed by atoms with Gasteiger partial charge in [-0.1, -0.05) is 187 Å². The maximum atomic E-state index is 15.3. The van der Waals surface area contributed by atoms with E-state index in [1.807, 2.05) is 146 Å². The lowest BCUT2D eigenvalue weighted by molar-refractivity contribution is -0.190. The molecule has 2 N–H and O–H groups in total. The number of ether oxygens (including phenoxy) is 4. The Morgan fingerprint density at radius 2 is 1.18 bits per heavy atom. The number of benzene rings is 6. The number of nitrogens with zero attached hydrogens (tertiary/aromatic N) is 3. The first-order valence-corrected chi connectivity index (χ1v) is 27.1. The van der Waals surface area contributed by atoms with Gasteiger partial charge in [-0.2, -0.15) is 0 Å². The third kappa shape index (κ3) is 11.5. The van der Waals surface area contributed by atoms with Gasteiger partial charge in [0.25, 0.3) is 11.8 Å². The molecule has 6 aromatic carbocycles. The molecule has 3 heterocycles. The molecule has 0 saturated carbocycles. The van der Waals surface area contributed by atoms with Crippen LogP contribution in [0.3, 0.4) is 0 Å². The number of rotatable bonds is 21. The van der Waals surface area contributed by atoms with E-state index in [0.29, 0.717) is 17.3 Å². The van der Waals surface area contributed by atoms with E-state index in [4.69, 9.17) is 33.9 Å². The van der Waals surface area contributed by atoms with Gasteiger partial charge in [0, 0.05) is 41.9 Å². The lowest BCUT2D eigenvalue weighted by Gasteiger charge is -2.49. The quantitative estimate of drug-likeness (QED) is 0.0133. The Bertz CT molecular complexity index is 3020. The van der Waals surface area contributed by atoms with Crippen molar-refractivity contribution in [2.45, 2.75) is 56.5 Å². The molecule has 0 spiro atoms. The summed E-state index contributed by atoms with van der Waals surface area (Å²) in [4.78, 5) is 70.1. The lowest BCUT2D eigenvalue weighted by Crippen LogP contribution is -2.71. The van der Waals surface area contributed by atoms with Crippen LogP contribution >= 0.6 is 23.1 Å². The summed E-state index contributed by atoms with van der Waals surface area (Å²) < 4.78 is 22.1. The molecule has 2 amide bonds. The van der Waals surface area contributed by atoms with Crippen LogP contribution in [-0.4, -0.2) is 89.7 Å². The van der Waals surface area contributed by atoms with Crippen LogP contribution in [-0.2, 0) is 54.1 Å². The molecule has 1 aromatic heterocycles. The fraction of sp³-hybridized carbons (Fsp3) is 0.246. The zero-order chi connectivity index (χ0) is 54.0. The Hall–Kier alpha value is -7.89. The molecule has 7 aromatic rings. The Morgan fingerprint density at radius 1 is 0.701 bits per heavy atom. The van der Waals surface area contributed by atoms with E-state index in [1.165, 1.54) is 34.9 Å². The van der Waals surface area contributed by atoms with Crippen molar-refractivity contribution in [3.05, 3.63) is 238 Å². The SMILES string of the molecule is COCCOCC1=C(C(=O)OC(C)OC(=O)C(C)(C)C)N2C(=O)C(NC(=O)/C(=N\OC(c3ccccc3)(c3ccccc3)c3ccccc3)c3csc(NC(c4ccccc4)(c4ccccc4)c4ccccc4)n3)[C@@H]2SC1. The predicted molar refractivity (Wildman–Crippen MR) is 298 cm³/mol. The Balaban J connectivity index is 1.11. The number of hydrogen-bond donors (Lipinski definition) is 2. The average Bonchev–Trinajstić information content (AvgIpc) is 3.99. The number of thioether (sulfide) groups is 1. The van der Waals surface area contributed by atoms with Gasteiger partial charge in [-0.25, -0.2) is 9.78 Å². The minimum atomic E-state index is -1.39. The van der Waals surface area contributed by atoms with Crippen molar-refractivity contribution in [2.24, 2.45) is 10.6 Å². The monoisotopic (exact) mass is 1070 g/mol. The van der Waals surface area contributed by atoms with E-state index >= 15 is 4.79 Å². The van der Waals surface area contributed by atoms with Crippen molar-refractivity contribution in [1.82, 2.24) is 15.2 Å². The summed E-state index contributed by atoms with van der Waals surface area (Å²) in [6.45, 7) is 7.02. The molecule has 9 rings (SSSR count). The maximum absolute atomic E-state index is 15.3. The second kappa shape index (κ2) is 24.0. The van der Waals surface area contributed by atoms with Gasteiger partial charge in [-0.05, 0) is 43.0 Å². The van der Waals surface area contributed by atoms with Crippen LogP contribution in [0.25, 0.3) is 0 Å². The van der Waals surface area contributed by atoms with Crippen LogP contribution in [0.4, 0.5) is 5.13 Å². The molecule has 77 heavy (non-hydrogen) atoms. The number of methoxy groups -OCH3 is 1. The number of anilines is 1. The van der Waals surface area contributed by atoms with Crippen molar-refractivity contribution < 1.29 is 43.0 Å². The zero-order valence-corrected chi connectivity index (χ0v) is 44.9. The number of nitrogens with one attached hydrogen (secondary N) is 2. The van der Waals surface area contributed by atoms with Gasteiger partial charge >= 0.3 is 11.9 Å². The van der Waals surface area contributed by atoms with Gasteiger partial charge < -0.3 is 34.4 Å². The van der Waals surface area contributed by atoms with E-state index in [1.54, 1.807) is 33.3 Å². The number of esters is 2. The summed E-state index contributed by atoms with van der Waals surface area (Å²) >= 11 is 2.63. The highest BCUT2D eigenvalue weighted by Crippen LogP contribution is 2.44. The Labute approximate surface area is 456 Å². The third-order valence-electron chi connectivity index (χ3n) is 13.1. The highest BCUT2D eigenvalue weighted by molar-refractivity contribution is 8.00. The van der Waals surface area contributed by atoms with Crippen molar-refractivity contribution in [1.29, 1.82) is 0 Å². The molecule has 0 aliphatic carbocycles. The molecular formula is C61H59N5O9S2. The molecule has 1 saturated heterocycles. The van der Waals surface area contributed by atoms with Gasteiger partial charge in [0.2, 0.25) is 11.9 Å². The molecule has 394 valence electrons. The highest BCUT2D eigenvalue weighted by Gasteiger charge is 2.55. The largest absolute Gasteiger partial charge is 0.425 e. The topological polar surface area (TPSA) is 167 Å². The molecule has 2 aliphatic heterocycles. The normalized spacial score (nSPS) is 16.1. The number of amides is 2. The van der Waals surface area contributed by atoms with E-state index in [2.05, 4.69) is 47.0 Å². The van der Waals surface area contributed by atoms with Crippen LogP contribution < -0.4 is 10.6 Å². The van der Waals surface area contributed by atoms with Crippen LogP contribution in [0.1, 0.15) is 66.8 Å². The molecule has 16 heteroatoms. The van der Waals surface area contributed by atoms with Gasteiger partial charge in [-0.15, -0.1) is 23.1 Å². The van der Waals surface area contributed by atoms with E-state index in [9.17, 15) is 14.4 Å². The van der Waals surface area contributed by atoms with Crippen molar-refractivity contribution in [2.75, 3.05) is 38.0 Å². The molecule has 0 bridgehead atoms. The van der Waals surface area contributed by atoms with Crippen molar-refractivity contribution >= 4 is 57.7 Å². The summed E-state index contributed by atoms with van der Waals surface area (Å²) in [5.41, 5.74) is 2.22. The molecule has 2 aliphatic rings. The number of carbonyl (C=O) groups excluding carboxylic acids is 4. The maximum Gasteiger partial charge on any atom is 0.358 e. The van der Waals surface area contributed by atoms with Crippen molar-refractivity contribution in [3.8, 4) is 0 Å². The summed E-state index contributed by atoms with van der Waals surface area (Å²) in [5, 5.41) is 13.0. The Kier molecular flexibility index (Phi) is 16.8. The zero-order valence-electron chi connectivity index (χ0n) is 43.3. The molecule has 2 unspecified atom stereocenters. The van der Waals surface area contributed by atoms with Gasteiger partial charge in [0.1, 0.15) is 28.3 Å². The first-order valence-electron chi connectivity index (χ1n) is 25.1. The molecule has 14 nitrogen and oxygen atoms in total. The summed E-state index contributed by atoms with van der Waals surface area (Å²) in [7, 11) is 1.55. The van der Waals surface area contributed by atoms with Gasteiger partial charge in [0.05, 0.1) is 25.2 Å². The highest BCUT2D eigenvalue weighted by atomic mass is 32.2. The Morgan fingerprint density at radius 3 is 1.65 bits per heavy atom. The number of carbonyl (C=O) groups is 4. The smallest absolute Gasteiger partial charge is 0.358 e. The number of thiazole rings is 1. The number of oxime groups is 1. The van der Waals surface area contributed by atoms with Gasteiger partial charge in [0.15, 0.2) is 10.8 Å². The summed E-state index contributed by atoms with van der Waals surface area (Å²) in [5.74, 6) is -2.55. The number of hydrogen-bond acceptors (Lipinski definition) is 14. The second-order valence-corrected chi connectivity index (χ2v) is 21.3. The number of aromatic nitrogens is 1. The third-order valence-corrected chi connectivity index (χ3v) is 15.2. The average molecular weight is 1070 g/mol. The first kappa shape index (κ1) is 53.9. The van der Waals surface area contributed by atoms with E-state index < -0.39 is 58.0 Å². The standard InChI is InChI=1S/C61H59N5O9S2/c1-41(74-57(70)59(2,3)4)73-56(69)52-42(38-72-37-36-71-5)39-76-55-51(54(68)66(52)55)63-53(67)50(65-75-61(46-30-18-9-19-31-46,47-32-20-10-21-33-47)48-34-22-11-23-35-48)49-40-77-58(62-49)64-60(43-24-12-6-13-25-43,44-26-14-7-15-27-44)45-28-16-8-17-29-45/h6-35,40-41,51,55H,36-39H2,1-5H3,(H,62,64)(H,63,67)/b65-50-/t41?,51?,55-/m0/s1. The summed E-state index contributed by atoms with van der Waals surface area (Å²) in [6.07, 6.45) is -1.28. The van der Waals surface area contributed by atoms with E-state index in [0.717, 1.165) is 33.4 Å². The molecule has 1 fully saturated rings. The fourth-order valence-corrected chi connectivity index (χ4v) is 11.3. The van der Waals surface area contributed by atoms with Crippen LogP contribution in [0.5, 0.6) is 0 Å². The van der Waals surface area contributed by atoms with Gasteiger partial charge in [-0.3, -0.25) is 19.3 Å². The number of β-lactam (4-membered cyclic amide) rings is 1. The fourth-order valence-electron chi connectivity index (χ4n) is 9.26. The second-order valence-electron chi connectivity index (χ2n) is 19.3. The van der Waals surface area contributed by atoms with Crippen molar-refractivity contribution in [3.63, 3.8) is 0 Å². The van der Waals surface area contributed by atoms with Crippen LogP contribution in [0.2, 0.25) is 0 Å². The molecule has 3 atom stereocenters. The summed E-state index contributed by atoms with van der Waals surface area (Å²) in [6, 6.07) is 58.0. The predicted octanol–water partition coefficient (Wildman–Crippen LogP) is 10.1. The first-order chi connectivity index (χ1) is 37.3. The lowest BCUT2D eigenvalue weighted by atomic mass is 9.77. The van der Waals surface area contributed by atoms with Crippen LogP contribution in [0, 0.1) is 5.41 Å². The number of fused-ring (bicyclic) bond motifs is 1. The minimum Gasteiger partial charge on any atom is -0.425 e. The molecular weight excluding hydrogens is 1010 g/mol. The minimum absolute atomic E-state index is 0.00901. The van der Waals surface area contributed by atoms with Crippen LogP contribution in [0.15, 0.2) is 204 Å².